The minimum Gasteiger partial charge on any atom is -0.372 e. The molecule has 2 aromatic rings. The highest BCUT2D eigenvalue weighted by molar-refractivity contribution is 5.96. The van der Waals surface area contributed by atoms with Crippen LogP contribution in [-0.2, 0) is 0 Å². The van der Waals surface area contributed by atoms with Gasteiger partial charge in [-0.15, -0.1) is 0 Å². The Morgan fingerprint density at radius 1 is 1.17 bits per heavy atom. The van der Waals surface area contributed by atoms with E-state index < -0.39 is 26.9 Å². The monoisotopic (exact) mass is 338 g/mol. The van der Waals surface area contributed by atoms with Crippen LogP contribution in [0.1, 0.15) is 13.8 Å². The van der Waals surface area contributed by atoms with Crippen LogP contribution in [0.2, 0.25) is 0 Å². The fourth-order valence-electron chi connectivity index (χ4n) is 2.53. The van der Waals surface area contributed by atoms with Gasteiger partial charge in [0.2, 0.25) is 0 Å². The van der Waals surface area contributed by atoms with Crippen molar-refractivity contribution in [2.75, 3.05) is 31.5 Å². The molecule has 0 unspecified atom stereocenters. The van der Waals surface area contributed by atoms with E-state index >= 15 is 0 Å². The number of hydrogen-bond donors (Lipinski definition) is 3. The summed E-state index contributed by atoms with van der Waals surface area (Å²) in [5, 5.41) is 25.5. The standard InChI is InChI=1S/C13H18N6O5/c1-3-17(4-2)6-5-14-11-9(18(21)22)7-8-10(12(11)19(23)24)16-13(20)15-8/h7,14H,3-6H2,1-2H3,(H2,15,16,20). The van der Waals surface area contributed by atoms with Gasteiger partial charge in [-0.05, 0) is 13.1 Å². The molecule has 11 nitrogen and oxygen atoms in total. The smallest absolute Gasteiger partial charge is 0.324 e. The molecule has 0 bridgehead atoms. The second-order valence-corrected chi connectivity index (χ2v) is 5.09. The lowest BCUT2D eigenvalue weighted by atomic mass is 10.2. The Labute approximate surface area is 136 Å². The fraction of sp³-hybridized carbons (Fsp3) is 0.462. The van der Waals surface area contributed by atoms with Crippen molar-refractivity contribution in [3.05, 3.63) is 36.8 Å². The summed E-state index contributed by atoms with van der Waals surface area (Å²) in [5.41, 5.74) is -1.89. The van der Waals surface area contributed by atoms with E-state index in [0.717, 1.165) is 19.2 Å². The quantitative estimate of drug-likeness (QED) is 0.486. The molecule has 3 N–H and O–H groups in total. The van der Waals surface area contributed by atoms with Crippen molar-refractivity contribution in [3.63, 3.8) is 0 Å². The van der Waals surface area contributed by atoms with E-state index in [9.17, 15) is 25.0 Å². The molecule has 0 amide bonds. The number of likely N-dealkylation sites (N-methyl/N-ethyl adjacent to an activating group) is 1. The summed E-state index contributed by atoms with van der Waals surface area (Å²) in [4.78, 5) is 39.4. The van der Waals surface area contributed by atoms with Gasteiger partial charge in [0, 0.05) is 19.2 Å². The molecule has 1 heterocycles. The maximum absolute atomic E-state index is 11.4. The van der Waals surface area contributed by atoms with Crippen molar-refractivity contribution >= 4 is 28.1 Å². The van der Waals surface area contributed by atoms with E-state index in [0.29, 0.717) is 13.1 Å². The Hall–Kier alpha value is -2.95. The van der Waals surface area contributed by atoms with Crippen molar-refractivity contribution in [3.8, 4) is 0 Å². The fourth-order valence-corrected chi connectivity index (χ4v) is 2.53. The molecule has 2 rings (SSSR count). The van der Waals surface area contributed by atoms with Crippen LogP contribution in [0.3, 0.4) is 0 Å². The van der Waals surface area contributed by atoms with Crippen LogP contribution in [0, 0.1) is 20.2 Å². The van der Waals surface area contributed by atoms with Crippen LogP contribution >= 0.6 is 0 Å². The molecule has 0 saturated carbocycles. The first kappa shape index (κ1) is 17.4. The number of nitrogens with one attached hydrogen (secondary N) is 3. The van der Waals surface area contributed by atoms with Gasteiger partial charge in [0.05, 0.1) is 15.4 Å². The first-order chi connectivity index (χ1) is 11.4. The van der Waals surface area contributed by atoms with Gasteiger partial charge in [0.1, 0.15) is 5.52 Å². The number of hydrogen-bond acceptors (Lipinski definition) is 7. The van der Waals surface area contributed by atoms with E-state index in [1.54, 1.807) is 0 Å². The number of benzene rings is 1. The molecule has 0 fully saturated rings. The zero-order chi connectivity index (χ0) is 17.9. The lowest BCUT2D eigenvalue weighted by molar-refractivity contribution is -0.391. The van der Waals surface area contributed by atoms with Crippen molar-refractivity contribution < 1.29 is 9.85 Å². The molecule has 24 heavy (non-hydrogen) atoms. The van der Waals surface area contributed by atoms with Crippen LogP contribution in [0.25, 0.3) is 11.0 Å². The summed E-state index contributed by atoms with van der Waals surface area (Å²) >= 11 is 0. The van der Waals surface area contributed by atoms with Crippen molar-refractivity contribution in [2.24, 2.45) is 0 Å². The van der Waals surface area contributed by atoms with E-state index in [1.807, 2.05) is 13.8 Å². The normalized spacial score (nSPS) is 11.1. The first-order valence-electron chi connectivity index (χ1n) is 7.43. The number of rotatable bonds is 8. The molecule has 130 valence electrons. The Morgan fingerprint density at radius 2 is 1.83 bits per heavy atom. The zero-order valence-electron chi connectivity index (χ0n) is 13.3. The predicted octanol–water partition coefficient (Wildman–Crippen LogP) is 1.43. The maximum atomic E-state index is 11.4. The second kappa shape index (κ2) is 7.08. The summed E-state index contributed by atoms with van der Waals surface area (Å²) in [6.45, 7) is 6.42. The maximum Gasteiger partial charge on any atom is 0.324 e. The number of anilines is 1. The summed E-state index contributed by atoms with van der Waals surface area (Å²) in [5.74, 6) is 0. The number of imidazole rings is 1. The minimum atomic E-state index is -0.737. The zero-order valence-corrected chi connectivity index (χ0v) is 13.3. The minimum absolute atomic E-state index is 0.0210. The molecule has 0 radical (unpaired) electrons. The average Bonchev–Trinajstić information content (AvgIpc) is 2.89. The summed E-state index contributed by atoms with van der Waals surface area (Å²) in [6, 6.07) is 1.11. The number of aromatic amines is 2. The molecule has 11 heteroatoms. The highest BCUT2D eigenvalue weighted by Gasteiger charge is 2.30. The van der Waals surface area contributed by atoms with E-state index in [2.05, 4.69) is 20.2 Å². The Balaban J connectivity index is 2.50. The molecule has 0 atom stereocenters. The van der Waals surface area contributed by atoms with Crippen LogP contribution in [0.4, 0.5) is 17.1 Å². The third-order valence-electron chi connectivity index (χ3n) is 3.77. The number of nitro benzene ring substituents is 2. The van der Waals surface area contributed by atoms with Crippen LogP contribution in [0.5, 0.6) is 0 Å². The molecule has 1 aromatic carbocycles. The number of nitrogens with zero attached hydrogens (tertiary/aromatic N) is 3. The van der Waals surface area contributed by atoms with Crippen molar-refractivity contribution in [1.82, 2.24) is 14.9 Å². The lowest BCUT2D eigenvalue weighted by Gasteiger charge is -2.18. The average molecular weight is 338 g/mol. The lowest BCUT2D eigenvalue weighted by Crippen LogP contribution is -2.28. The molecule has 0 spiro atoms. The highest BCUT2D eigenvalue weighted by atomic mass is 16.6. The SMILES string of the molecule is CCN(CC)CCNc1c([N+](=O)[O-])cc2[nH]c(=O)[nH]c2c1[N+](=O)[O-]. The largest absolute Gasteiger partial charge is 0.372 e. The number of fused-ring (bicyclic) bond motifs is 1. The third-order valence-corrected chi connectivity index (χ3v) is 3.77. The van der Waals surface area contributed by atoms with Gasteiger partial charge >= 0.3 is 17.1 Å². The van der Waals surface area contributed by atoms with Gasteiger partial charge in [-0.1, -0.05) is 13.8 Å². The molecular formula is C13H18N6O5. The molecule has 1 aromatic heterocycles. The predicted molar refractivity (Wildman–Crippen MR) is 88.5 cm³/mol. The van der Waals surface area contributed by atoms with Crippen LogP contribution < -0.4 is 11.0 Å². The Kier molecular flexibility index (Phi) is 5.14. The highest BCUT2D eigenvalue weighted by Crippen LogP contribution is 2.39. The van der Waals surface area contributed by atoms with Crippen molar-refractivity contribution in [1.29, 1.82) is 0 Å². The first-order valence-corrected chi connectivity index (χ1v) is 7.43. The number of aromatic nitrogens is 2. The molecule has 0 aliphatic carbocycles. The van der Waals surface area contributed by atoms with Gasteiger partial charge < -0.3 is 15.2 Å². The Morgan fingerprint density at radius 3 is 2.38 bits per heavy atom. The number of H-pyrrole nitrogens is 2. The van der Waals surface area contributed by atoms with E-state index in [-0.39, 0.29) is 16.7 Å². The van der Waals surface area contributed by atoms with E-state index in [4.69, 9.17) is 0 Å². The summed E-state index contributed by atoms with van der Waals surface area (Å²) in [7, 11) is 0. The number of nitro groups is 2. The van der Waals surface area contributed by atoms with Gasteiger partial charge in [-0.25, -0.2) is 4.79 Å². The van der Waals surface area contributed by atoms with Crippen molar-refractivity contribution in [2.45, 2.75) is 13.8 Å². The third kappa shape index (κ3) is 3.35. The summed E-state index contributed by atoms with van der Waals surface area (Å²) < 4.78 is 0. The topological polar surface area (TPSA) is 150 Å². The van der Waals surface area contributed by atoms with Gasteiger partial charge in [0.25, 0.3) is 0 Å². The summed E-state index contributed by atoms with van der Waals surface area (Å²) in [6.07, 6.45) is 0. The van der Waals surface area contributed by atoms with Crippen LogP contribution in [-0.4, -0.2) is 50.9 Å². The molecule has 0 aliphatic heterocycles. The van der Waals surface area contributed by atoms with E-state index in [1.165, 1.54) is 0 Å². The van der Waals surface area contributed by atoms with Gasteiger partial charge in [-0.3, -0.25) is 25.2 Å². The molecule has 0 saturated heterocycles. The molecular weight excluding hydrogens is 320 g/mol. The molecule has 0 aliphatic rings. The van der Waals surface area contributed by atoms with Gasteiger partial charge in [-0.2, -0.15) is 0 Å². The second-order valence-electron chi connectivity index (χ2n) is 5.09. The van der Waals surface area contributed by atoms with Crippen LogP contribution in [0.15, 0.2) is 10.9 Å². The Bertz CT molecular complexity index is 822. The van der Waals surface area contributed by atoms with Gasteiger partial charge in [0.15, 0.2) is 5.69 Å².